The molecule has 0 spiro atoms. The lowest BCUT2D eigenvalue weighted by Crippen LogP contribution is -2.42. The molecule has 1 amide bonds. The fraction of sp³-hybridized carbons (Fsp3) is 0.562. The molecule has 0 radical (unpaired) electrons. The van der Waals surface area contributed by atoms with E-state index in [1.165, 1.54) is 5.56 Å². The van der Waals surface area contributed by atoms with Crippen molar-refractivity contribution in [2.45, 2.75) is 39.8 Å². The molecule has 0 saturated carbocycles. The number of hydrogen-bond donors (Lipinski definition) is 1. The summed E-state index contributed by atoms with van der Waals surface area (Å²) in [6.45, 7) is 8.05. The van der Waals surface area contributed by atoms with E-state index in [0.29, 0.717) is 5.92 Å². The lowest BCUT2D eigenvalue weighted by Gasteiger charge is -2.34. The van der Waals surface area contributed by atoms with Gasteiger partial charge < -0.3 is 10.6 Å². The molecule has 0 saturated heterocycles. The summed E-state index contributed by atoms with van der Waals surface area (Å²) in [5.74, 6) is 0.309. The minimum Gasteiger partial charge on any atom is -0.338 e. The molecule has 0 aliphatic carbocycles. The van der Waals surface area contributed by atoms with E-state index < -0.39 is 0 Å². The van der Waals surface area contributed by atoms with Gasteiger partial charge in [-0.15, -0.1) is 12.4 Å². The van der Waals surface area contributed by atoms with E-state index in [2.05, 4.69) is 26.0 Å². The maximum absolute atomic E-state index is 12.4. The van der Waals surface area contributed by atoms with Crippen LogP contribution in [0.25, 0.3) is 0 Å². The summed E-state index contributed by atoms with van der Waals surface area (Å²) < 4.78 is 0. The zero-order valence-electron chi connectivity index (χ0n) is 13.0. The molecule has 4 heteroatoms. The number of carbonyl (C=O) groups is 1. The van der Waals surface area contributed by atoms with Crippen LogP contribution in [0.1, 0.15) is 39.3 Å². The first kappa shape index (κ1) is 18.9. The summed E-state index contributed by atoms with van der Waals surface area (Å²) in [5, 5.41) is 0. The monoisotopic (exact) mass is 298 g/mol. The van der Waals surface area contributed by atoms with Gasteiger partial charge in [0.15, 0.2) is 0 Å². The Labute approximate surface area is 128 Å². The third-order valence-electron chi connectivity index (χ3n) is 3.72. The second-order valence-electron chi connectivity index (χ2n) is 5.70. The predicted molar refractivity (Wildman–Crippen MR) is 86.9 cm³/mol. The number of hydrogen-bond acceptors (Lipinski definition) is 2. The molecule has 3 atom stereocenters. The van der Waals surface area contributed by atoms with Crippen molar-refractivity contribution in [2.75, 3.05) is 7.05 Å². The summed E-state index contributed by atoms with van der Waals surface area (Å²) in [7, 11) is 1.87. The third kappa shape index (κ3) is 4.50. The van der Waals surface area contributed by atoms with E-state index >= 15 is 0 Å². The lowest BCUT2D eigenvalue weighted by atomic mass is 9.93. The molecular weight excluding hydrogens is 272 g/mol. The largest absolute Gasteiger partial charge is 0.338 e. The summed E-state index contributed by atoms with van der Waals surface area (Å²) in [4.78, 5) is 14.3. The molecule has 0 heterocycles. The number of amides is 1. The number of halogens is 1. The molecule has 0 aliphatic heterocycles. The van der Waals surface area contributed by atoms with Crippen LogP contribution >= 0.6 is 12.4 Å². The van der Waals surface area contributed by atoms with Crippen LogP contribution in [0.4, 0.5) is 0 Å². The van der Waals surface area contributed by atoms with Crippen molar-refractivity contribution < 1.29 is 4.79 Å². The molecule has 0 bridgehead atoms. The summed E-state index contributed by atoms with van der Waals surface area (Å²) in [6, 6.07) is 10.1. The maximum Gasteiger partial charge on any atom is 0.227 e. The Morgan fingerprint density at radius 3 is 2.00 bits per heavy atom. The molecule has 114 valence electrons. The smallest absolute Gasteiger partial charge is 0.227 e. The van der Waals surface area contributed by atoms with E-state index in [-0.39, 0.29) is 36.3 Å². The van der Waals surface area contributed by atoms with Gasteiger partial charge in [-0.25, -0.2) is 0 Å². The Balaban J connectivity index is 0.00000361. The van der Waals surface area contributed by atoms with Crippen LogP contribution in [0, 0.1) is 11.8 Å². The lowest BCUT2D eigenvalue weighted by molar-refractivity contribution is -0.137. The Bertz CT molecular complexity index is 406. The molecule has 1 aromatic carbocycles. The Morgan fingerprint density at radius 2 is 1.60 bits per heavy atom. The van der Waals surface area contributed by atoms with Gasteiger partial charge >= 0.3 is 0 Å². The average molecular weight is 299 g/mol. The molecule has 3 unspecified atom stereocenters. The number of nitrogens with two attached hydrogens (primary N) is 1. The highest BCUT2D eigenvalue weighted by Gasteiger charge is 2.28. The van der Waals surface area contributed by atoms with E-state index in [9.17, 15) is 4.79 Å². The number of rotatable bonds is 5. The predicted octanol–water partition coefficient (Wildman–Crippen LogP) is 3.25. The van der Waals surface area contributed by atoms with Gasteiger partial charge in [-0.05, 0) is 18.4 Å². The minimum absolute atomic E-state index is 0. The van der Waals surface area contributed by atoms with Crippen molar-refractivity contribution in [1.29, 1.82) is 0 Å². The average Bonchev–Trinajstić information content (AvgIpc) is 2.37. The topological polar surface area (TPSA) is 46.3 Å². The van der Waals surface area contributed by atoms with Gasteiger partial charge in [0.05, 0.1) is 12.0 Å². The van der Waals surface area contributed by atoms with Crippen molar-refractivity contribution in [1.82, 2.24) is 4.90 Å². The van der Waals surface area contributed by atoms with Crippen molar-refractivity contribution in [2.24, 2.45) is 17.6 Å². The molecule has 1 aromatic rings. The number of carbonyl (C=O) groups excluding carboxylic acids is 1. The summed E-state index contributed by atoms with van der Waals surface area (Å²) in [6.07, 6.45) is 0. The standard InChI is InChI=1S/C16H26N2O.ClH/c1-11(2)15(14-9-7-6-8-10-14)18(5)16(19)12(3)13(4)17;/h6-13,15H,17H2,1-5H3;1H. The molecule has 0 fully saturated rings. The highest BCUT2D eigenvalue weighted by Crippen LogP contribution is 2.28. The number of nitrogens with zero attached hydrogens (tertiary/aromatic N) is 1. The summed E-state index contributed by atoms with van der Waals surface area (Å²) in [5.41, 5.74) is 7.01. The van der Waals surface area contributed by atoms with Gasteiger partial charge in [-0.3, -0.25) is 4.79 Å². The molecule has 0 aromatic heterocycles. The molecular formula is C16H27ClN2O. The van der Waals surface area contributed by atoms with E-state index in [4.69, 9.17) is 5.73 Å². The van der Waals surface area contributed by atoms with Crippen LogP contribution < -0.4 is 5.73 Å². The Hall–Kier alpha value is -1.06. The van der Waals surface area contributed by atoms with E-state index in [1.807, 2.05) is 44.0 Å². The number of benzene rings is 1. The molecule has 1 rings (SSSR count). The van der Waals surface area contributed by atoms with Crippen molar-refractivity contribution in [3.05, 3.63) is 35.9 Å². The van der Waals surface area contributed by atoms with E-state index in [1.54, 1.807) is 0 Å². The second-order valence-corrected chi connectivity index (χ2v) is 5.70. The SMILES string of the molecule is CC(C)C(c1ccccc1)N(C)C(=O)C(C)C(C)N.Cl. The van der Waals surface area contributed by atoms with Gasteiger partial charge in [-0.2, -0.15) is 0 Å². The highest BCUT2D eigenvalue weighted by molar-refractivity contribution is 5.85. The van der Waals surface area contributed by atoms with Crippen LogP contribution in [0.2, 0.25) is 0 Å². The van der Waals surface area contributed by atoms with Crippen LogP contribution in [-0.2, 0) is 4.79 Å². The normalized spacial score (nSPS) is 15.2. The fourth-order valence-electron chi connectivity index (χ4n) is 2.39. The first-order valence-electron chi connectivity index (χ1n) is 6.93. The quantitative estimate of drug-likeness (QED) is 0.907. The van der Waals surface area contributed by atoms with Crippen LogP contribution in [0.3, 0.4) is 0 Å². The molecule has 20 heavy (non-hydrogen) atoms. The zero-order chi connectivity index (χ0) is 14.6. The van der Waals surface area contributed by atoms with Crippen LogP contribution in [0.5, 0.6) is 0 Å². The maximum atomic E-state index is 12.4. The third-order valence-corrected chi connectivity index (χ3v) is 3.72. The van der Waals surface area contributed by atoms with Gasteiger partial charge in [0.1, 0.15) is 0 Å². The van der Waals surface area contributed by atoms with Crippen molar-refractivity contribution in [3.8, 4) is 0 Å². The van der Waals surface area contributed by atoms with E-state index in [0.717, 1.165) is 0 Å². The van der Waals surface area contributed by atoms with Crippen LogP contribution in [0.15, 0.2) is 30.3 Å². The van der Waals surface area contributed by atoms with Crippen LogP contribution in [-0.4, -0.2) is 23.9 Å². The first-order valence-corrected chi connectivity index (χ1v) is 6.93. The highest BCUT2D eigenvalue weighted by atomic mass is 35.5. The Morgan fingerprint density at radius 1 is 1.10 bits per heavy atom. The van der Waals surface area contributed by atoms with Gasteiger partial charge in [0.2, 0.25) is 5.91 Å². The first-order chi connectivity index (χ1) is 8.86. The van der Waals surface area contributed by atoms with Crippen molar-refractivity contribution in [3.63, 3.8) is 0 Å². The minimum atomic E-state index is -0.157. The summed E-state index contributed by atoms with van der Waals surface area (Å²) >= 11 is 0. The van der Waals surface area contributed by atoms with Gasteiger partial charge in [-0.1, -0.05) is 51.1 Å². The second kappa shape index (κ2) is 8.28. The Kier molecular flexibility index (Phi) is 7.84. The molecule has 2 N–H and O–H groups in total. The van der Waals surface area contributed by atoms with Crippen molar-refractivity contribution >= 4 is 18.3 Å². The molecule has 0 aliphatic rings. The fourth-order valence-corrected chi connectivity index (χ4v) is 2.39. The zero-order valence-corrected chi connectivity index (χ0v) is 13.9. The van der Waals surface area contributed by atoms with Gasteiger partial charge in [0.25, 0.3) is 0 Å². The van der Waals surface area contributed by atoms with Gasteiger partial charge in [0, 0.05) is 13.1 Å². The molecule has 3 nitrogen and oxygen atoms in total.